The van der Waals surface area contributed by atoms with Crippen molar-refractivity contribution in [3.05, 3.63) is 42.2 Å². The molecule has 0 radical (unpaired) electrons. The number of nitrogens with zero attached hydrogens (tertiary/aromatic N) is 3. The Morgan fingerprint density at radius 2 is 2.26 bits per heavy atom. The topological polar surface area (TPSA) is 99.7 Å². The predicted molar refractivity (Wildman–Crippen MR) is 67.7 cm³/mol. The van der Waals surface area contributed by atoms with Gasteiger partial charge in [-0.2, -0.15) is 10.2 Å². The first-order valence-corrected chi connectivity index (χ1v) is 5.46. The Hall–Kier alpha value is -2.83. The fraction of sp³-hybridized carbons (Fsp3) is 0.0833. The molecule has 1 aromatic carbocycles. The third-order valence-electron chi connectivity index (χ3n) is 2.27. The highest BCUT2D eigenvalue weighted by atomic mass is 16.3. The molecular weight excluding hydrogens is 248 g/mol. The number of carbonyl (C=O) groups excluding carboxylic acids is 1. The highest BCUT2D eigenvalue weighted by Gasteiger charge is 2.01. The van der Waals surface area contributed by atoms with E-state index in [1.165, 1.54) is 23.0 Å². The van der Waals surface area contributed by atoms with Crippen molar-refractivity contribution in [2.75, 3.05) is 0 Å². The summed E-state index contributed by atoms with van der Waals surface area (Å²) in [5.41, 5.74) is 2.88. The number of carbonyl (C=O) groups is 1. The van der Waals surface area contributed by atoms with Crippen molar-refractivity contribution >= 4 is 12.1 Å². The average molecular weight is 260 g/mol. The largest absolute Gasteiger partial charge is 0.504 e. The fourth-order valence-corrected chi connectivity index (χ4v) is 1.38. The van der Waals surface area contributed by atoms with Crippen LogP contribution in [0.15, 0.2) is 41.8 Å². The Morgan fingerprint density at radius 1 is 1.42 bits per heavy atom. The number of amides is 1. The van der Waals surface area contributed by atoms with Crippen LogP contribution in [-0.4, -0.2) is 32.1 Å². The van der Waals surface area contributed by atoms with E-state index in [0.717, 1.165) is 0 Å². The molecule has 0 saturated heterocycles. The molecule has 7 nitrogen and oxygen atoms in total. The molecule has 7 heteroatoms. The molecule has 0 unspecified atom stereocenters. The normalized spacial score (nSPS) is 10.7. The molecule has 0 spiro atoms. The van der Waals surface area contributed by atoms with Crippen LogP contribution in [0, 0.1) is 0 Å². The first kappa shape index (κ1) is 12.6. The van der Waals surface area contributed by atoms with Crippen molar-refractivity contribution < 1.29 is 15.0 Å². The molecule has 2 aromatic rings. The van der Waals surface area contributed by atoms with Crippen LogP contribution in [0.2, 0.25) is 0 Å². The first-order valence-electron chi connectivity index (χ1n) is 5.46. The van der Waals surface area contributed by atoms with Gasteiger partial charge in [-0.25, -0.2) is 5.43 Å². The smallest absolute Gasteiger partial charge is 0.261 e. The number of nitrogens with one attached hydrogen (secondary N) is 1. The number of phenols is 2. The third-order valence-corrected chi connectivity index (χ3v) is 2.27. The first-order chi connectivity index (χ1) is 9.15. The van der Waals surface area contributed by atoms with Crippen LogP contribution in [0.1, 0.15) is 5.56 Å². The molecule has 98 valence electrons. The summed E-state index contributed by atoms with van der Waals surface area (Å²) in [6.07, 6.45) is 4.61. The van der Waals surface area contributed by atoms with Crippen LogP contribution in [0.25, 0.3) is 0 Å². The molecule has 0 atom stereocenters. The molecular formula is C12H12N4O3. The number of aromatic nitrogens is 2. The highest BCUT2D eigenvalue weighted by Crippen LogP contribution is 2.23. The van der Waals surface area contributed by atoms with Gasteiger partial charge in [0.1, 0.15) is 6.54 Å². The Morgan fingerprint density at radius 3 is 2.95 bits per heavy atom. The van der Waals surface area contributed by atoms with E-state index in [4.69, 9.17) is 5.11 Å². The van der Waals surface area contributed by atoms with E-state index in [-0.39, 0.29) is 24.0 Å². The van der Waals surface area contributed by atoms with E-state index in [1.54, 1.807) is 24.5 Å². The number of phenolic OH excluding ortho intramolecular Hbond substituents is 2. The van der Waals surface area contributed by atoms with Crippen molar-refractivity contribution in [1.82, 2.24) is 15.2 Å². The van der Waals surface area contributed by atoms with Gasteiger partial charge in [0, 0.05) is 12.4 Å². The van der Waals surface area contributed by atoms with E-state index in [2.05, 4.69) is 15.6 Å². The molecule has 19 heavy (non-hydrogen) atoms. The van der Waals surface area contributed by atoms with Crippen LogP contribution in [0.5, 0.6) is 11.5 Å². The monoisotopic (exact) mass is 260 g/mol. The molecule has 0 fully saturated rings. The maximum atomic E-state index is 11.4. The van der Waals surface area contributed by atoms with Gasteiger partial charge in [0.2, 0.25) is 0 Å². The van der Waals surface area contributed by atoms with Crippen molar-refractivity contribution in [2.24, 2.45) is 5.10 Å². The minimum Gasteiger partial charge on any atom is -0.504 e. The Balaban J connectivity index is 1.89. The van der Waals surface area contributed by atoms with Gasteiger partial charge in [0.25, 0.3) is 5.91 Å². The lowest BCUT2D eigenvalue weighted by atomic mass is 10.2. The Kier molecular flexibility index (Phi) is 3.77. The fourth-order valence-electron chi connectivity index (χ4n) is 1.38. The number of benzene rings is 1. The minimum atomic E-state index is -0.317. The van der Waals surface area contributed by atoms with Crippen molar-refractivity contribution in [3.63, 3.8) is 0 Å². The summed E-state index contributed by atoms with van der Waals surface area (Å²) in [5, 5.41) is 26.0. The molecule has 0 aliphatic rings. The van der Waals surface area contributed by atoms with E-state index in [9.17, 15) is 9.90 Å². The zero-order chi connectivity index (χ0) is 13.7. The lowest BCUT2D eigenvalue weighted by Gasteiger charge is -2.00. The lowest BCUT2D eigenvalue weighted by molar-refractivity contribution is -0.121. The summed E-state index contributed by atoms with van der Waals surface area (Å²) in [4.78, 5) is 11.4. The number of hydrogen-bond acceptors (Lipinski definition) is 5. The second-order valence-corrected chi connectivity index (χ2v) is 3.74. The van der Waals surface area contributed by atoms with Gasteiger partial charge in [-0.1, -0.05) is 0 Å². The summed E-state index contributed by atoms with van der Waals surface area (Å²) in [7, 11) is 0. The van der Waals surface area contributed by atoms with Crippen LogP contribution < -0.4 is 5.43 Å². The zero-order valence-corrected chi connectivity index (χ0v) is 9.89. The van der Waals surface area contributed by atoms with Crippen molar-refractivity contribution in [3.8, 4) is 11.5 Å². The SMILES string of the molecule is O=C(Cn1cccn1)N/N=C/c1ccc(O)c(O)c1. The van der Waals surface area contributed by atoms with E-state index < -0.39 is 0 Å². The molecule has 3 N–H and O–H groups in total. The second kappa shape index (κ2) is 5.67. The molecule has 0 saturated carbocycles. The van der Waals surface area contributed by atoms with Gasteiger partial charge in [-0.05, 0) is 29.8 Å². The summed E-state index contributed by atoms with van der Waals surface area (Å²) >= 11 is 0. The predicted octanol–water partition coefficient (Wildman–Crippen LogP) is 0.445. The van der Waals surface area contributed by atoms with Crippen LogP contribution >= 0.6 is 0 Å². The summed E-state index contributed by atoms with van der Waals surface area (Å²) in [6.45, 7) is 0.0746. The average Bonchev–Trinajstić information content (AvgIpc) is 2.86. The standard InChI is InChI=1S/C12H12N4O3/c17-10-3-2-9(6-11(10)18)7-13-15-12(19)8-16-5-1-4-14-16/h1-7,17-18H,8H2,(H,15,19)/b13-7+. The van der Waals surface area contributed by atoms with Gasteiger partial charge >= 0.3 is 0 Å². The zero-order valence-electron chi connectivity index (χ0n) is 9.89. The molecule has 2 rings (SSSR count). The van der Waals surface area contributed by atoms with Gasteiger partial charge in [0.05, 0.1) is 6.21 Å². The Bertz CT molecular complexity index is 593. The molecule has 1 aromatic heterocycles. The summed E-state index contributed by atoms with van der Waals surface area (Å²) < 4.78 is 1.47. The van der Waals surface area contributed by atoms with Gasteiger partial charge in [-0.15, -0.1) is 0 Å². The van der Waals surface area contributed by atoms with Crippen molar-refractivity contribution in [2.45, 2.75) is 6.54 Å². The maximum Gasteiger partial charge on any atom is 0.261 e. The lowest BCUT2D eigenvalue weighted by Crippen LogP contribution is -2.23. The van der Waals surface area contributed by atoms with E-state index in [1.807, 2.05) is 0 Å². The highest BCUT2D eigenvalue weighted by molar-refractivity contribution is 5.83. The summed E-state index contributed by atoms with van der Waals surface area (Å²) in [6, 6.07) is 5.94. The summed E-state index contributed by atoms with van der Waals surface area (Å²) in [5.74, 6) is -0.769. The molecule has 1 amide bonds. The van der Waals surface area contributed by atoms with E-state index in [0.29, 0.717) is 5.56 Å². The third kappa shape index (κ3) is 3.56. The van der Waals surface area contributed by atoms with Gasteiger partial charge in [0.15, 0.2) is 11.5 Å². The molecule has 0 bridgehead atoms. The van der Waals surface area contributed by atoms with Gasteiger partial charge in [-0.3, -0.25) is 9.48 Å². The van der Waals surface area contributed by atoms with E-state index >= 15 is 0 Å². The van der Waals surface area contributed by atoms with Crippen LogP contribution in [-0.2, 0) is 11.3 Å². The quantitative estimate of drug-likeness (QED) is 0.422. The second-order valence-electron chi connectivity index (χ2n) is 3.74. The molecule has 0 aliphatic carbocycles. The Labute approximate surface area is 108 Å². The number of hydrazone groups is 1. The molecule has 0 aliphatic heterocycles. The number of hydrogen-bond donors (Lipinski definition) is 3. The van der Waals surface area contributed by atoms with Crippen LogP contribution in [0.3, 0.4) is 0 Å². The molecule has 1 heterocycles. The maximum absolute atomic E-state index is 11.4. The van der Waals surface area contributed by atoms with Gasteiger partial charge < -0.3 is 10.2 Å². The van der Waals surface area contributed by atoms with Crippen molar-refractivity contribution in [1.29, 1.82) is 0 Å². The number of aromatic hydroxyl groups is 2. The number of rotatable bonds is 4. The minimum absolute atomic E-state index is 0.0746. The van der Waals surface area contributed by atoms with Crippen LogP contribution in [0.4, 0.5) is 0 Å².